The Morgan fingerprint density at radius 2 is 1.83 bits per heavy atom. The molecule has 0 aromatic heterocycles. The van der Waals surface area contributed by atoms with Gasteiger partial charge in [0.25, 0.3) is 0 Å². The second-order valence-electron chi connectivity index (χ2n) is 7.12. The Balaban J connectivity index is 1.82. The molecule has 2 N–H and O–H groups in total. The van der Waals surface area contributed by atoms with Crippen LogP contribution in [0.1, 0.15) is 52.9 Å². The maximum Gasteiger partial charge on any atom is 0.170 e. The lowest BCUT2D eigenvalue weighted by Gasteiger charge is -2.39. The van der Waals surface area contributed by atoms with Crippen molar-refractivity contribution < 1.29 is 0 Å². The van der Waals surface area contributed by atoms with Gasteiger partial charge in [-0.05, 0) is 67.4 Å². The molecule has 0 bridgehead atoms. The molecular formula is C18H26Cl2N2S. The summed E-state index contributed by atoms with van der Waals surface area (Å²) in [6.45, 7) is 7.07. The normalized spacial score (nSPS) is 21.8. The maximum atomic E-state index is 6.03. The molecule has 0 aliphatic heterocycles. The first-order chi connectivity index (χ1) is 10.8. The third-order valence-corrected chi connectivity index (χ3v) is 6.22. The molecular weight excluding hydrogens is 347 g/mol. The van der Waals surface area contributed by atoms with Gasteiger partial charge in [-0.3, -0.25) is 0 Å². The van der Waals surface area contributed by atoms with E-state index in [1.165, 1.54) is 32.1 Å². The Kier molecular flexibility index (Phi) is 6.58. The highest BCUT2D eigenvalue weighted by molar-refractivity contribution is 7.80. The van der Waals surface area contributed by atoms with Crippen LogP contribution in [0.5, 0.6) is 0 Å². The first kappa shape index (κ1) is 18.8. The summed E-state index contributed by atoms with van der Waals surface area (Å²) < 4.78 is 0. The molecule has 1 aromatic rings. The van der Waals surface area contributed by atoms with Crippen molar-refractivity contribution >= 4 is 46.2 Å². The summed E-state index contributed by atoms with van der Waals surface area (Å²) in [6, 6.07) is 5.90. The van der Waals surface area contributed by atoms with Crippen LogP contribution in [0.15, 0.2) is 18.2 Å². The number of hydrogen-bond donors (Lipinski definition) is 2. The highest BCUT2D eigenvalue weighted by atomic mass is 35.5. The quantitative estimate of drug-likeness (QED) is 0.608. The van der Waals surface area contributed by atoms with Crippen LogP contribution >= 0.6 is 35.4 Å². The Hall–Kier alpha value is -0.510. The third kappa shape index (κ3) is 5.23. The molecule has 1 aliphatic carbocycles. The first-order valence-corrected chi connectivity index (χ1v) is 9.51. The largest absolute Gasteiger partial charge is 0.360 e. The van der Waals surface area contributed by atoms with Gasteiger partial charge in [0.05, 0.1) is 10.0 Å². The van der Waals surface area contributed by atoms with Crippen molar-refractivity contribution in [3.8, 4) is 0 Å². The van der Waals surface area contributed by atoms with Gasteiger partial charge in [-0.1, -0.05) is 50.4 Å². The molecule has 128 valence electrons. The van der Waals surface area contributed by atoms with Crippen molar-refractivity contribution in [3.63, 3.8) is 0 Å². The third-order valence-electron chi connectivity index (χ3n) is 5.26. The Morgan fingerprint density at radius 1 is 1.17 bits per heavy atom. The fraction of sp³-hybridized carbons (Fsp3) is 0.611. The van der Waals surface area contributed by atoms with Crippen LogP contribution in [0.25, 0.3) is 0 Å². The van der Waals surface area contributed by atoms with Crippen LogP contribution in [0, 0.1) is 11.3 Å². The summed E-state index contributed by atoms with van der Waals surface area (Å²) in [5.74, 6) is 0.821. The minimum Gasteiger partial charge on any atom is -0.360 e. The van der Waals surface area contributed by atoms with E-state index in [0.717, 1.165) is 11.6 Å². The number of hydrogen-bond acceptors (Lipinski definition) is 1. The van der Waals surface area contributed by atoms with Crippen molar-refractivity contribution in [3.05, 3.63) is 28.2 Å². The topological polar surface area (TPSA) is 24.1 Å². The van der Waals surface area contributed by atoms with Gasteiger partial charge in [-0.2, -0.15) is 0 Å². The molecule has 1 saturated carbocycles. The monoisotopic (exact) mass is 372 g/mol. The Morgan fingerprint density at radius 3 is 2.39 bits per heavy atom. The van der Waals surface area contributed by atoms with E-state index in [-0.39, 0.29) is 0 Å². The SMILES string of the molecule is CCC(C)(C)C1CCC(NC(=S)Nc2ccc(Cl)c(Cl)c2)CC1. The molecule has 0 saturated heterocycles. The predicted molar refractivity (Wildman–Crippen MR) is 106 cm³/mol. The zero-order chi connectivity index (χ0) is 17.0. The molecule has 2 nitrogen and oxygen atoms in total. The molecule has 5 heteroatoms. The van der Waals surface area contributed by atoms with Crippen molar-refractivity contribution in [2.24, 2.45) is 11.3 Å². The molecule has 0 radical (unpaired) electrons. The van der Waals surface area contributed by atoms with E-state index in [1.807, 2.05) is 6.07 Å². The highest BCUT2D eigenvalue weighted by Gasteiger charge is 2.31. The molecule has 23 heavy (non-hydrogen) atoms. The molecule has 2 rings (SSSR count). The summed E-state index contributed by atoms with van der Waals surface area (Å²) in [4.78, 5) is 0. The molecule has 1 fully saturated rings. The van der Waals surface area contributed by atoms with Gasteiger partial charge in [0.2, 0.25) is 0 Å². The molecule has 0 atom stereocenters. The Bertz CT molecular complexity index is 552. The Labute approximate surface area is 155 Å². The lowest BCUT2D eigenvalue weighted by Crippen LogP contribution is -2.41. The zero-order valence-electron chi connectivity index (χ0n) is 14.1. The lowest BCUT2D eigenvalue weighted by molar-refractivity contribution is 0.141. The predicted octanol–water partition coefficient (Wildman–Crippen LogP) is 6.27. The number of rotatable bonds is 4. The van der Waals surface area contributed by atoms with E-state index in [2.05, 4.69) is 31.4 Å². The number of anilines is 1. The van der Waals surface area contributed by atoms with Crippen molar-refractivity contribution in [1.29, 1.82) is 0 Å². The van der Waals surface area contributed by atoms with Gasteiger partial charge in [-0.25, -0.2) is 0 Å². The van der Waals surface area contributed by atoms with Crippen LogP contribution in [0.2, 0.25) is 10.0 Å². The molecule has 0 heterocycles. The fourth-order valence-electron chi connectivity index (χ4n) is 3.23. The molecule has 1 aliphatic rings. The first-order valence-electron chi connectivity index (χ1n) is 8.34. The molecule has 0 amide bonds. The summed E-state index contributed by atoms with van der Waals surface area (Å²) in [5.41, 5.74) is 1.31. The van der Waals surface area contributed by atoms with Crippen molar-refractivity contribution in [2.45, 2.75) is 58.9 Å². The molecule has 0 spiro atoms. The van der Waals surface area contributed by atoms with E-state index in [9.17, 15) is 0 Å². The van der Waals surface area contributed by atoms with Crippen LogP contribution in [-0.2, 0) is 0 Å². The van der Waals surface area contributed by atoms with Gasteiger partial charge in [0, 0.05) is 11.7 Å². The van der Waals surface area contributed by atoms with Gasteiger partial charge in [0.1, 0.15) is 0 Å². The van der Waals surface area contributed by atoms with Gasteiger partial charge in [-0.15, -0.1) is 0 Å². The second kappa shape index (κ2) is 8.04. The molecule has 1 aromatic carbocycles. The van der Waals surface area contributed by atoms with Crippen LogP contribution in [-0.4, -0.2) is 11.2 Å². The standard InChI is InChI=1S/C18H26Cl2N2S/c1-4-18(2,3)12-5-7-13(8-6-12)21-17(23)22-14-9-10-15(19)16(20)11-14/h9-13H,4-8H2,1-3H3,(H2,21,22,23). The lowest BCUT2D eigenvalue weighted by atomic mass is 9.69. The number of nitrogens with one attached hydrogen (secondary N) is 2. The number of thiocarbonyl (C=S) groups is 1. The van der Waals surface area contributed by atoms with E-state index >= 15 is 0 Å². The van der Waals surface area contributed by atoms with Crippen LogP contribution in [0.3, 0.4) is 0 Å². The van der Waals surface area contributed by atoms with Gasteiger partial charge >= 0.3 is 0 Å². The summed E-state index contributed by atoms with van der Waals surface area (Å²) in [7, 11) is 0. The van der Waals surface area contributed by atoms with Gasteiger partial charge < -0.3 is 10.6 Å². The second-order valence-corrected chi connectivity index (χ2v) is 8.34. The average molecular weight is 373 g/mol. The van der Waals surface area contributed by atoms with Crippen LogP contribution < -0.4 is 10.6 Å². The highest BCUT2D eigenvalue weighted by Crippen LogP contribution is 2.40. The summed E-state index contributed by atoms with van der Waals surface area (Å²) in [6.07, 6.45) is 6.14. The number of benzene rings is 1. The molecule has 0 unspecified atom stereocenters. The van der Waals surface area contributed by atoms with Crippen molar-refractivity contribution in [1.82, 2.24) is 5.32 Å². The van der Waals surface area contributed by atoms with E-state index < -0.39 is 0 Å². The van der Waals surface area contributed by atoms with Crippen LogP contribution in [0.4, 0.5) is 5.69 Å². The maximum absolute atomic E-state index is 6.03. The van der Waals surface area contributed by atoms with Gasteiger partial charge in [0.15, 0.2) is 5.11 Å². The minimum atomic E-state index is 0.448. The average Bonchev–Trinajstić information content (AvgIpc) is 2.51. The summed E-state index contributed by atoms with van der Waals surface area (Å²) in [5, 5.41) is 8.36. The van der Waals surface area contributed by atoms with E-state index in [4.69, 9.17) is 35.4 Å². The van der Waals surface area contributed by atoms with Crippen molar-refractivity contribution in [2.75, 3.05) is 5.32 Å². The fourth-order valence-corrected chi connectivity index (χ4v) is 3.82. The zero-order valence-corrected chi connectivity index (χ0v) is 16.4. The van der Waals surface area contributed by atoms with E-state index in [0.29, 0.717) is 26.6 Å². The summed E-state index contributed by atoms with van der Waals surface area (Å²) >= 11 is 17.4. The number of halogens is 2. The van der Waals surface area contributed by atoms with E-state index in [1.54, 1.807) is 12.1 Å². The minimum absolute atomic E-state index is 0.448. The smallest absolute Gasteiger partial charge is 0.170 e.